The Morgan fingerprint density at radius 2 is 2.21 bits per heavy atom. The van der Waals surface area contributed by atoms with E-state index in [-0.39, 0.29) is 10.6 Å². The van der Waals surface area contributed by atoms with Crippen molar-refractivity contribution in [1.82, 2.24) is 9.55 Å². The van der Waals surface area contributed by atoms with Gasteiger partial charge in [0.1, 0.15) is 0 Å². The number of hydrogen-bond donors (Lipinski definition) is 0. The largest absolute Gasteiger partial charge is 0.334 e. The monoisotopic (exact) mass is 191 g/mol. The first-order valence-corrected chi connectivity index (χ1v) is 4.15. The number of hydrogen-bond acceptors (Lipinski definition) is 3. The second kappa shape index (κ2) is 2.80. The molecule has 0 unspecified atom stereocenters. The van der Waals surface area contributed by atoms with E-state index < -0.39 is 0 Å². The van der Waals surface area contributed by atoms with E-state index in [0.717, 1.165) is 5.52 Å². The Kier molecular flexibility index (Phi) is 1.73. The smallest absolute Gasteiger partial charge is 0.274 e. The third-order valence-corrected chi connectivity index (χ3v) is 2.24. The van der Waals surface area contributed by atoms with E-state index in [0.29, 0.717) is 11.1 Å². The van der Waals surface area contributed by atoms with Crippen LogP contribution in [0.4, 0.5) is 5.69 Å². The number of imidazole rings is 1. The van der Waals surface area contributed by atoms with Crippen molar-refractivity contribution in [1.29, 1.82) is 0 Å². The number of benzene rings is 1. The first-order chi connectivity index (χ1) is 6.59. The summed E-state index contributed by atoms with van der Waals surface area (Å²) in [5.74, 6) is 0. The van der Waals surface area contributed by atoms with Crippen molar-refractivity contribution in [2.75, 3.05) is 0 Å². The first-order valence-electron chi connectivity index (χ1n) is 4.15. The molecule has 72 valence electrons. The van der Waals surface area contributed by atoms with Gasteiger partial charge in [-0.2, -0.15) is 0 Å². The lowest BCUT2D eigenvalue weighted by Gasteiger charge is -1.98. The second-order valence-corrected chi connectivity index (χ2v) is 3.24. The quantitative estimate of drug-likeness (QED) is 0.510. The molecule has 0 spiro atoms. The third-order valence-electron chi connectivity index (χ3n) is 2.24. The molecule has 2 rings (SSSR count). The van der Waals surface area contributed by atoms with Crippen molar-refractivity contribution in [2.45, 2.75) is 6.92 Å². The number of rotatable bonds is 1. The summed E-state index contributed by atoms with van der Waals surface area (Å²) in [4.78, 5) is 14.3. The number of nitro groups is 1. The molecule has 0 aliphatic heterocycles. The lowest BCUT2D eigenvalue weighted by molar-refractivity contribution is -0.385. The van der Waals surface area contributed by atoms with Gasteiger partial charge in [-0.05, 0) is 13.0 Å². The van der Waals surface area contributed by atoms with Crippen LogP contribution >= 0.6 is 0 Å². The van der Waals surface area contributed by atoms with Crippen LogP contribution in [0.5, 0.6) is 0 Å². The van der Waals surface area contributed by atoms with Gasteiger partial charge in [-0.25, -0.2) is 4.98 Å². The molecule has 0 N–H and O–H groups in total. The fourth-order valence-electron chi connectivity index (χ4n) is 1.46. The highest BCUT2D eigenvalue weighted by atomic mass is 16.6. The van der Waals surface area contributed by atoms with Crippen molar-refractivity contribution in [2.24, 2.45) is 7.05 Å². The molecular weight excluding hydrogens is 182 g/mol. The van der Waals surface area contributed by atoms with Gasteiger partial charge in [0.05, 0.1) is 22.3 Å². The van der Waals surface area contributed by atoms with Crippen molar-refractivity contribution in [3.63, 3.8) is 0 Å². The zero-order chi connectivity index (χ0) is 10.3. The summed E-state index contributed by atoms with van der Waals surface area (Å²) >= 11 is 0. The number of aromatic nitrogens is 2. The molecule has 0 bridgehead atoms. The molecule has 0 aliphatic carbocycles. The molecule has 0 amide bonds. The highest BCUT2D eigenvalue weighted by Gasteiger charge is 2.13. The Morgan fingerprint density at radius 1 is 1.50 bits per heavy atom. The summed E-state index contributed by atoms with van der Waals surface area (Å²) in [6.45, 7) is 1.73. The highest BCUT2D eigenvalue weighted by molar-refractivity contribution is 5.79. The van der Waals surface area contributed by atoms with Gasteiger partial charge in [0.2, 0.25) is 0 Å². The minimum atomic E-state index is -0.385. The van der Waals surface area contributed by atoms with E-state index in [4.69, 9.17) is 0 Å². The standard InChI is InChI=1S/C9H9N3O2/c1-6-3-9-7(10-5-11(9)2)4-8(6)12(13)14/h3-5H,1-2H3. The molecule has 14 heavy (non-hydrogen) atoms. The van der Waals surface area contributed by atoms with E-state index in [1.165, 1.54) is 6.07 Å². The summed E-state index contributed by atoms with van der Waals surface area (Å²) in [5, 5.41) is 10.6. The molecular formula is C9H9N3O2. The molecule has 0 aliphatic rings. The predicted octanol–water partition coefficient (Wildman–Crippen LogP) is 1.79. The topological polar surface area (TPSA) is 61.0 Å². The molecule has 1 aromatic heterocycles. The van der Waals surface area contributed by atoms with Gasteiger partial charge < -0.3 is 4.57 Å². The number of fused-ring (bicyclic) bond motifs is 1. The summed E-state index contributed by atoms with van der Waals surface area (Å²) < 4.78 is 1.84. The summed E-state index contributed by atoms with van der Waals surface area (Å²) in [6.07, 6.45) is 1.65. The zero-order valence-electron chi connectivity index (χ0n) is 7.89. The van der Waals surface area contributed by atoms with Crippen LogP contribution in [0.1, 0.15) is 5.56 Å². The summed E-state index contributed by atoms with van der Waals surface area (Å²) in [6, 6.07) is 3.28. The molecule has 2 aromatic rings. The highest BCUT2D eigenvalue weighted by Crippen LogP contribution is 2.23. The lowest BCUT2D eigenvalue weighted by atomic mass is 10.2. The number of nitrogens with zero attached hydrogens (tertiary/aromatic N) is 3. The Bertz CT molecular complexity index is 516. The van der Waals surface area contributed by atoms with Crippen LogP contribution in [-0.2, 0) is 7.05 Å². The third kappa shape index (κ3) is 1.14. The molecule has 0 atom stereocenters. The number of nitro benzene ring substituents is 1. The Labute approximate surface area is 80.1 Å². The minimum absolute atomic E-state index is 0.121. The number of aryl methyl sites for hydroxylation is 2. The molecule has 1 heterocycles. The minimum Gasteiger partial charge on any atom is -0.334 e. The van der Waals surface area contributed by atoms with Gasteiger partial charge in [0.25, 0.3) is 5.69 Å². The normalized spacial score (nSPS) is 10.7. The maximum Gasteiger partial charge on any atom is 0.274 e. The summed E-state index contributed by atoms with van der Waals surface area (Å²) in [7, 11) is 1.86. The Hall–Kier alpha value is -1.91. The zero-order valence-corrected chi connectivity index (χ0v) is 7.89. The average molecular weight is 191 g/mol. The van der Waals surface area contributed by atoms with Gasteiger partial charge >= 0.3 is 0 Å². The molecule has 0 saturated heterocycles. The van der Waals surface area contributed by atoms with Crippen LogP contribution in [0.25, 0.3) is 11.0 Å². The van der Waals surface area contributed by atoms with Crippen molar-refractivity contribution >= 4 is 16.7 Å². The Balaban J connectivity index is 2.79. The van der Waals surface area contributed by atoms with Crippen LogP contribution in [-0.4, -0.2) is 14.5 Å². The Morgan fingerprint density at radius 3 is 2.86 bits per heavy atom. The second-order valence-electron chi connectivity index (χ2n) is 3.24. The van der Waals surface area contributed by atoms with Crippen LogP contribution in [0.15, 0.2) is 18.5 Å². The van der Waals surface area contributed by atoms with Gasteiger partial charge in [-0.15, -0.1) is 0 Å². The lowest BCUT2D eigenvalue weighted by Crippen LogP contribution is -1.92. The van der Waals surface area contributed by atoms with E-state index in [1.54, 1.807) is 19.3 Å². The SMILES string of the molecule is Cc1cc2c(cc1[N+](=O)[O-])ncn2C. The van der Waals surface area contributed by atoms with Gasteiger partial charge in [0, 0.05) is 18.7 Å². The average Bonchev–Trinajstić information content (AvgIpc) is 2.46. The molecule has 5 nitrogen and oxygen atoms in total. The van der Waals surface area contributed by atoms with Gasteiger partial charge in [-0.3, -0.25) is 10.1 Å². The fraction of sp³-hybridized carbons (Fsp3) is 0.222. The first kappa shape index (κ1) is 8.68. The molecule has 1 aromatic carbocycles. The van der Waals surface area contributed by atoms with Crippen molar-refractivity contribution in [3.05, 3.63) is 34.1 Å². The van der Waals surface area contributed by atoms with Crippen LogP contribution in [0.3, 0.4) is 0 Å². The molecule has 0 fully saturated rings. The van der Waals surface area contributed by atoms with E-state index >= 15 is 0 Å². The van der Waals surface area contributed by atoms with Crippen LogP contribution in [0.2, 0.25) is 0 Å². The van der Waals surface area contributed by atoms with E-state index in [1.807, 2.05) is 11.6 Å². The van der Waals surface area contributed by atoms with Crippen LogP contribution in [0, 0.1) is 17.0 Å². The van der Waals surface area contributed by atoms with Gasteiger partial charge in [0.15, 0.2) is 0 Å². The van der Waals surface area contributed by atoms with Crippen LogP contribution < -0.4 is 0 Å². The van der Waals surface area contributed by atoms with E-state index in [9.17, 15) is 10.1 Å². The van der Waals surface area contributed by atoms with E-state index in [2.05, 4.69) is 4.98 Å². The molecule has 0 radical (unpaired) electrons. The van der Waals surface area contributed by atoms with Crippen molar-refractivity contribution < 1.29 is 4.92 Å². The maximum absolute atomic E-state index is 10.6. The molecule has 5 heteroatoms. The van der Waals surface area contributed by atoms with Gasteiger partial charge in [-0.1, -0.05) is 0 Å². The maximum atomic E-state index is 10.6. The fourth-order valence-corrected chi connectivity index (χ4v) is 1.46. The molecule has 0 saturated carbocycles. The predicted molar refractivity (Wildman–Crippen MR) is 52.1 cm³/mol. The summed E-state index contributed by atoms with van der Waals surface area (Å²) in [5.41, 5.74) is 2.35. The van der Waals surface area contributed by atoms with Crippen molar-refractivity contribution in [3.8, 4) is 0 Å².